The molecular formula is C18H17F3N2O4. The number of nitrogens with one attached hydrogen (secondary N) is 1. The number of ether oxygens (including phenoxy) is 1. The van der Waals surface area contributed by atoms with Gasteiger partial charge in [0, 0.05) is 12.1 Å². The Hall–Kier alpha value is -3.10. The maximum absolute atomic E-state index is 12.9. The average Bonchev–Trinajstić information content (AvgIpc) is 2.60. The van der Waals surface area contributed by atoms with E-state index in [1.165, 1.54) is 30.3 Å². The van der Waals surface area contributed by atoms with Gasteiger partial charge >= 0.3 is 6.18 Å². The fraction of sp³-hybridized carbons (Fsp3) is 0.278. The SMILES string of the molecule is CCCOc1ccc(C(F)(F)F)cc1NC(=O)Cc1ccc([N+](=O)[O-])cc1. The van der Waals surface area contributed by atoms with Crippen LogP contribution in [-0.2, 0) is 17.4 Å². The zero-order valence-corrected chi connectivity index (χ0v) is 14.4. The maximum atomic E-state index is 12.9. The summed E-state index contributed by atoms with van der Waals surface area (Å²) >= 11 is 0. The number of carbonyl (C=O) groups is 1. The molecule has 0 aliphatic heterocycles. The number of hydrogen-bond acceptors (Lipinski definition) is 4. The zero-order chi connectivity index (χ0) is 20.0. The largest absolute Gasteiger partial charge is 0.491 e. The highest BCUT2D eigenvalue weighted by Crippen LogP contribution is 2.35. The summed E-state index contributed by atoms with van der Waals surface area (Å²) < 4.78 is 44.2. The number of alkyl halides is 3. The van der Waals surface area contributed by atoms with Crippen molar-refractivity contribution >= 4 is 17.3 Å². The Balaban J connectivity index is 2.17. The lowest BCUT2D eigenvalue weighted by atomic mass is 10.1. The Morgan fingerprint density at radius 3 is 2.41 bits per heavy atom. The lowest BCUT2D eigenvalue weighted by molar-refractivity contribution is -0.384. The molecule has 0 fully saturated rings. The number of nitro benzene ring substituents is 1. The normalized spacial score (nSPS) is 11.1. The van der Waals surface area contributed by atoms with Crippen LogP contribution in [0.25, 0.3) is 0 Å². The molecule has 2 rings (SSSR count). The van der Waals surface area contributed by atoms with Gasteiger partial charge in [0.1, 0.15) is 5.75 Å². The van der Waals surface area contributed by atoms with Gasteiger partial charge in [0.15, 0.2) is 0 Å². The molecule has 6 nitrogen and oxygen atoms in total. The molecule has 0 saturated carbocycles. The summed E-state index contributed by atoms with van der Waals surface area (Å²) in [6, 6.07) is 8.21. The number of rotatable bonds is 7. The quantitative estimate of drug-likeness (QED) is 0.561. The van der Waals surface area contributed by atoms with E-state index >= 15 is 0 Å². The van der Waals surface area contributed by atoms with E-state index in [-0.39, 0.29) is 30.2 Å². The van der Waals surface area contributed by atoms with Crippen molar-refractivity contribution < 1.29 is 27.6 Å². The fourth-order valence-corrected chi connectivity index (χ4v) is 2.26. The molecule has 0 unspecified atom stereocenters. The number of halogens is 3. The second kappa shape index (κ2) is 8.52. The number of amides is 1. The number of carbonyl (C=O) groups excluding carboxylic acids is 1. The van der Waals surface area contributed by atoms with Crippen molar-refractivity contribution in [2.45, 2.75) is 25.9 Å². The molecule has 0 bridgehead atoms. The number of non-ortho nitro benzene ring substituents is 1. The molecule has 2 aromatic rings. The first kappa shape index (κ1) is 20.2. The second-order valence-corrected chi connectivity index (χ2v) is 5.71. The number of benzene rings is 2. The molecular weight excluding hydrogens is 365 g/mol. The van der Waals surface area contributed by atoms with Crippen molar-refractivity contribution in [1.82, 2.24) is 0 Å². The highest BCUT2D eigenvalue weighted by Gasteiger charge is 2.31. The van der Waals surface area contributed by atoms with Gasteiger partial charge in [0.2, 0.25) is 5.91 Å². The molecule has 0 saturated heterocycles. The van der Waals surface area contributed by atoms with Crippen LogP contribution in [0.3, 0.4) is 0 Å². The molecule has 9 heteroatoms. The third kappa shape index (κ3) is 5.70. The van der Waals surface area contributed by atoms with Crippen LogP contribution in [0.4, 0.5) is 24.5 Å². The third-order valence-corrected chi connectivity index (χ3v) is 3.55. The Labute approximate surface area is 153 Å². The summed E-state index contributed by atoms with van der Waals surface area (Å²) in [7, 11) is 0. The molecule has 0 aliphatic rings. The Morgan fingerprint density at radius 2 is 1.85 bits per heavy atom. The summed E-state index contributed by atoms with van der Waals surface area (Å²) in [6.07, 6.45) is -4.06. The van der Waals surface area contributed by atoms with Crippen LogP contribution in [-0.4, -0.2) is 17.4 Å². The number of nitro groups is 1. The highest BCUT2D eigenvalue weighted by molar-refractivity contribution is 5.93. The van der Waals surface area contributed by atoms with Gasteiger partial charge in [-0.15, -0.1) is 0 Å². The van der Waals surface area contributed by atoms with E-state index < -0.39 is 22.6 Å². The molecule has 1 amide bonds. The lowest BCUT2D eigenvalue weighted by Crippen LogP contribution is -2.16. The Kier molecular flexibility index (Phi) is 6.38. The summed E-state index contributed by atoms with van der Waals surface area (Å²) in [6.45, 7) is 2.13. The molecule has 144 valence electrons. The van der Waals surface area contributed by atoms with Crippen molar-refractivity contribution in [2.24, 2.45) is 0 Å². The van der Waals surface area contributed by atoms with Crippen LogP contribution < -0.4 is 10.1 Å². The second-order valence-electron chi connectivity index (χ2n) is 5.71. The summed E-state index contributed by atoms with van der Waals surface area (Å²) in [5, 5.41) is 13.1. The lowest BCUT2D eigenvalue weighted by Gasteiger charge is -2.15. The van der Waals surface area contributed by atoms with Crippen molar-refractivity contribution in [3.8, 4) is 5.75 Å². The maximum Gasteiger partial charge on any atom is 0.416 e. The summed E-state index contributed by atoms with van der Waals surface area (Å²) in [4.78, 5) is 22.3. The van der Waals surface area contributed by atoms with E-state index in [0.29, 0.717) is 12.0 Å². The van der Waals surface area contributed by atoms with Gasteiger partial charge in [-0.3, -0.25) is 14.9 Å². The van der Waals surface area contributed by atoms with E-state index in [1.54, 1.807) is 0 Å². The van der Waals surface area contributed by atoms with Crippen LogP contribution in [0.15, 0.2) is 42.5 Å². The molecule has 27 heavy (non-hydrogen) atoms. The first-order valence-electron chi connectivity index (χ1n) is 8.08. The van der Waals surface area contributed by atoms with E-state index in [9.17, 15) is 28.1 Å². The highest BCUT2D eigenvalue weighted by atomic mass is 19.4. The van der Waals surface area contributed by atoms with Crippen molar-refractivity contribution in [3.05, 3.63) is 63.7 Å². The molecule has 0 spiro atoms. The van der Waals surface area contributed by atoms with Crippen LogP contribution in [0, 0.1) is 10.1 Å². The molecule has 0 radical (unpaired) electrons. The zero-order valence-electron chi connectivity index (χ0n) is 14.4. The first-order chi connectivity index (χ1) is 12.7. The predicted octanol–water partition coefficient (Wildman–Crippen LogP) is 4.58. The van der Waals surface area contributed by atoms with Gasteiger partial charge in [-0.1, -0.05) is 19.1 Å². The first-order valence-corrected chi connectivity index (χ1v) is 8.08. The van der Waals surface area contributed by atoms with E-state index in [2.05, 4.69) is 5.32 Å². The van der Waals surface area contributed by atoms with Crippen molar-refractivity contribution in [3.63, 3.8) is 0 Å². The Morgan fingerprint density at radius 1 is 1.19 bits per heavy atom. The van der Waals surface area contributed by atoms with Crippen LogP contribution >= 0.6 is 0 Å². The van der Waals surface area contributed by atoms with Gasteiger partial charge in [0.05, 0.1) is 29.2 Å². The van der Waals surface area contributed by atoms with Gasteiger partial charge in [0.25, 0.3) is 5.69 Å². The minimum atomic E-state index is -4.55. The topological polar surface area (TPSA) is 81.5 Å². The molecule has 0 heterocycles. The van der Waals surface area contributed by atoms with Gasteiger partial charge in [-0.05, 0) is 30.2 Å². The molecule has 1 N–H and O–H groups in total. The predicted molar refractivity (Wildman–Crippen MR) is 92.7 cm³/mol. The monoisotopic (exact) mass is 382 g/mol. The minimum absolute atomic E-state index is 0.0785. The van der Waals surface area contributed by atoms with Crippen molar-refractivity contribution in [2.75, 3.05) is 11.9 Å². The van der Waals surface area contributed by atoms with Gasteiger partial charge in [-0.2, -0.15) is 13.2 Å². The van der Waals surface area contributed by atoms with Gasteiger partial charge < -0.3 is 10.1 Å². The minimum Gasteiger partial charge on any atom is -0.491 e. The van der Waals surface area contributed by atoms with E-state index in [4.69, 9.17) is 4.74 Å². The van der Waals surface area contributed by atoms with Crippen LogP contribution in [0.1, 0.15) is 24.5 Å². The van der Waals surface area contributed by atoms with E-state index in [1.807, 2.05) is 6.92 Å². The smallest absolute Gasteiger partial charge is 0.416 e. The van der Waals surface area contributed by atoms with Gasteiger partial charge in [-0.25, -0.2) is 0 Å². The van der Waals surface area contributed by atoms with Crippen LogP contribution in [0.2, 0.25) is 0 Å². The number of anilines is 1. The molecule has 0 aromatic heterocycles. The summed E-state index contributed by atoms with van der Waals surface area (Å²) in [5.41, 5.74) is -0.615. The standard InChI is InChI=1S/C18H17F3N2O4/c1-2-9-27-16-8-5-13(18(19,20)21)11-15(16)22-17(24)10-12-3-6-14(7-4-12)23(25)26/h3-8,11H,2,9-10H2,1H3,(H,22,24). The third-order valence-electron chi connectivity index (χ3n) is 3.55. The number of nitrogens with zero attached hydrogens (tertiary/aromatic N) is 1. The molecule has 0 aliphatic carbocycles. The fourth-order valence-electron chi connectivity index (χ4n) is 2.26. The van der Waals surface area contributed by atoms with Crippen molar-refractivity contribution in [1.29, 1.82) is 0 Å². The Bertz CT molecular complexity index is 820. The summed E-state index contributed by atoms with van der Waals surface area (Å²) in [5.74, 6) is -0.425. The average molecular weight is 382 g/mol. The van der Waals surface area contributed by atoms with E-state index in [0.717, 1.165) is 12.1 Å². The number of hydrogen-bond donors (Lipinski definition) is 1. The van der Waals surface area contributed by atoms with Crippen LogP contribution in [0.5, 0.6) is 5.75 Å². The molecule has 2 aromatic carbocycles. The molecule has 0 atom stereocenters.